The number of Topliss-reactive ketones (excluding diaryl/α,β-unsaturated/α-hetero) is 1. The van der Waals surface area contributed by atoms with Crippen molar-refractivity contribution < 1.29 is 14.7 Å². The Balaban J connectivity index is 1.60. The molecule has 0 unspecified atom stereocenters. The number of hydrogen-bond acceptors (Lipinski definition) is 3. The van der Waals surface area contributed by atoms with Crippen molar-refractivity contribution >= 4 is 22.5 Å². The number of carboxylic acid groups (broad SMARTS) is 1. The molecule has 2 aromatic rings. The highest BCUT2D eigenvalue weighted by Crippen LogP contribution is 2.21. The molecule has 0 bridgehead atoms. The molecule has 120 valence electrons. The van der Waals surface area contributed by atoms with E-state index in [1.807, 2.05) is 42.5 Å². The van der Waals surface area contributed by atoms with Crippen LogP contribution in [0.4, 0.5) is 0 Å². The Morgan fingerprint density at radius 2 is 1.74 bits per heavy atom. The lowest BCUT2D eigenvalue weighted by Gasteiger charge is -2.29. The summed E-state index contributed by atoms with van der Waals surface area (Å²) in [5.41, 5.74) is 0.781. The van der Waals surface area contributed by atoms with Gasteiger partial charge in [-0.1, -0.05) is 42.5 Å². The van der Waals surface area contributed by atoms with Gasteiger partial charge in [0.05, 0.1) is 5.92 Å². The second-order valence-corrected chi connectivity index (χ2v) is 6.15. The third kappa shape index (κ3) is 3.59. The number of piperidine rings is 1. The van der Waals surface area contributed by atoms with Gasteiger partial charge < -0.3 is 10.0 Å². The number of carbonyl (C=O) groups excluding carboxylic acids is 1. The topological polar surface area (TPSA) is 57.6 Å². The van der Waals surface area contributed by atoms with Gasteiger partial charge in [-0.05, 0) is 36.7 Å². The van der Waals surface area contributed by atoms with Crippen LogP contribution in [-0.2, 0) is 4.79 Å². The average molecular weight is 311 g/mol. The van der Waals surface area contributed by atoms with E-state index in [2.05, 4.69) is 4.90 Å². The van der Waals surface area contributed by atoms with Crippen molar-refractivity contribution in [2.24, 2.45) is 5.92 Å². The van der Waals surface area contributed by atoms with E-state index in [1.165, 1.54) is 0 Å². The van der Waals surface area contributed by atoms with Crippen molar-refractivity contribution in [2.45, 2.75) is 19.3 Å². The van der Waals surface area contributed by atoms with E-state index >= 15 is 0 Å². The minimum absolute atomic E-state index is 0.155. The van der Waals surface area contributed by atoms with Gasteiger partial charge in [-0.2, -0.15) is 0 Å². The van der Waals surface area contributed by atoms with Crippen LogP contribution >= 0.6 is 0 Å². The molecule has 2 aromatic carbocycles. The maximum atomic E-state index is 12.6. The molecule has 1 N–H and O–H groups in total. The van der Waals surface area contributed by atoms with Crippen molar-refractivity contribution in [3.63, 3.8) is 0 Å². The van der Waals surface area contributed by atoms with Crippen LogP contribution in [0.1, 0.15) is 29.6 Å². The van der Waals surface area contributed by atoms with E-state index in [0.717, 1.165) is 29.4 Å². The van der Waals surface area contributed by atoms with E-state index in [1.54, 1.807) is 0 Å². The lowest BCUT2D eigenvalue weighted by Crippen LogP contribution is -2.37. The molecule has 3 rings (SSSR count). The summed E-state index contributed by atoms with van der Waals surface area (Å²) in [7, 11) is 0. The predicted octanol–water partition coefficient (Wildman–Crippen LogP) is 3.21. The largest absolute Gasteiger partial charge is 0.481 e. The first-order chi connectivity index (χ1) is 11.1. The second-order valence-electron chi connectivity index (χ2n) is 6.15. The number of fused-ring (bicyclic) bond motifs is 1. The maximum absolute atomic E-state index is 12.6. The fourth-order valence-corrected chi connectivity index (χ4v) is 3.27. The first-order valence-corrected chi connectivity index (χ1v) is 8.11. The molecule has 1 fully saturated rings. The first-order valence-electron chi connectivity index (χ1n) is 8.11. The van der Waals surface area contributed by atoms with Gasteiger partial charge in [-0.15, -0.1) is 0 Å². The summed E-state index contributed by atoms with van der Waals surface area (Å²) >= 11 is 0. The van der Waals surface area contributed by atoms with Crippen LogP contribution in [0.5, 0.6) is 0 Å². The normalized spacial score (nSPS) is 16.5. The Hall–Kier alpha value is -2.20. The number of carbonyl (C=O) groups is 2. The number of rotatable bonds is 5. The number of aliphatic carboxylic acids is 1. The zero-order valence-electron chi connectivity index (χ0n) is 13.1. The standard InChI is InChI=1S/C19H21NO3/c21-18(10-13-20-11-8-15(9-12-20)19(22)23)17-7-3-5-14-4-1-2-6-16(14)17/h1-7,15H,8-13H2,(H,22,23). The van der Waals surface area contributed by atoms with Gasteiger partial charge in [0.1, 0.15) is 0 Å². The molecular formula is C19H21NO3. The second kappa shape index (κ2) is 6.92. The molecule has 1 aliphatic heterocycles. The van der Waals surface area contributed by atoms with E-state index in [-0.39, 0.29) is 11.7 Å². The number of ketones is 1. The highest BCUT2D eigenvalue weighted by Gasteiger charge is 2.24. The minimum Gasteiger partial charge on any atom is -0.481 e. The monoisotopic (exact) mass is 311 g/mol. The van der Waals surface area contributed by atoms with Crippen LogP contribution in [0.25, 0.3) is 10.8 Å². The van der Waals surface area contributed by atoms with E-state index in [0.29, 0.717) is 25.8 Å². The van der Waals surface area contributed by atoms with Gasteiger partial charge in [0.2, 0.25) is 0 Å². The summed E-state index contributed by atoms with van der Waals surface area (Å²) in [4.78, 5) is 25.7. The molecule has 0 amide bonds. The Kier molecular flexibility index (Phi) is 4.72. The van der Waals surface area contributed by atoms with Crippen molar-refractivity contribution in [3.8, 4) is 0 Å². The lowest BCUT2D eigenvalue weighted by atomic mass is 9.96. The SMILES string of the molecule is O=C(CCN1CCC(C(=O)O)CC1)c1cccc2ccccc12. The molecule has 0 spiro atoms. The first kappa shape index (κ1) is 15.7. The molecule has 0 saturated carbocycles. The lowest BCUT2D eigenvalue weighted by molar-refractivity contribution is -0.143. The van der Waals surface area contributed by atoms with E-state index in [9.17, 15) is 9.59 Å². The van der Waals surface area contributed by atoms with Crippen LogP contribution < -0.4 is 0 Å². The van der Waals surface area contributed by atoms with Crippen molar-refractivity contribution in [2.75, 3.05) is 19.6 Å². The molecule has 23 heavy (non-hydrogen) atoms. The molecule has 4 nitrogen and oxygen atoms in total. The smallest absolute Gasteiger partial charge is 0.306 e. The minimum atomic E-state index is -0.698. The predicted molar refractivity (Wildman–Crippen MR) is 89.7 cm³/mol. The zero-order chi connectivity index (χ0) is 16.2. The number of carboxylic acids is 1. The Bertz CT molecular complexity index is 712. The summed E-state index contributed by atoms with van der Waals surface area (Å²) < 4.78 is 0. The van der Waals surface area contributed by atoms with Crippen molar-refractivity contribution in [1.29, 1.82) is 0 Å². The Morgan fingerprint density at radius 3 is 2.48 bits per heavy atom. The highest BCUT2D eigenvalue weighted by molar-refractivity contribution is 6.08. The Morgan fingerprint density at radius 1 is 1.04 bits per heavy atom. The molecule has 1 aliphatic rings. The van der Waals surface area contributed by atoms with Gasteiger partial charge in [0, 0.05) is 18.5 Å². The van der Waals surface area contributed by atoms with Gasteiger partial charge in [0.15, 0.2) is 5.78 Å². The van der Waals surface area contributed by atoms with Crippen LogP contribution in [0.3, 0.4) is 0 Å². The summed E-state index contributed by atoms with van der Waals surface area (Å²) in [6, 6.07) is 13.8. The third-order valence-corrected chi connectivity index (χ3v) is 4.68. The van der Waals surface area contributed by atoms with Gasteiger partial charge in [-0.3, -0.25) is 9.59 Å². The molecular weight excluding hydrogens is 290 g/mol. The third-order valence-electron chi connectivity index (χ3n) is 4.68. The molecule has 1 heterocycles. The van der Waals surface area contributed by atoms with Crippen LogP contribution in [0.2, 0.25) is 0 Å². The molecule has 0 radical (unpaired) electrons. The molecule has 0 atom stereocenters. The number of likely N-dealkylation sites (tertiary alicyclic amines) is 1. The summed E-state index contributed by atoms with van der Waals surface area (Å²) in [6.45, 7) is 2.23. The molecule has 4 heteroatoms. The molecule has 1 saturated heterocycles. The summed E-state index contributed by atoms with van der Waals surface area (Å²) in [5, 5.41) is 11.1. The maximum Gasteiger partial charge on any atom is 0.306 e. The van der Waals surface area contributed by atoms with Crippen molar-refractivity contribution in [1.82, 2.24) is 4.90 Å². The van der Waals surface area contributed by atoms with Crippen LogP contribution in [0, 0.1) is 5.92 Å². The fourth-order valence-electron chi connectivity index (χ4n) is 3.27. The quantitative estimate of drug-likeness (QED) is 0.862. The average Bonchev–Trinajstić information content (AvgIpc) is 2.59. The number of hydrogen-bond donors (Lipinski definition) is 1. The number of benzene rings is 2. The van der Waals surface area contributed by atoms with E-state index in [4.69, 9.17) is 5.11 Å². The number of nitrogens with zero attached hydrogens (tertiary/aromatic N) is 1. The van der Waals surface area contributed by atoms with Gasteiger partial charge in [-0.25, -0.2) is 0 Å². The highest BCUT2D eigenvalue weighted by atomic mass is 16.4. The fraction of sp³-hybridized carbons (Fsp3) is 0.368. The van der Waals surface area contributed by atoms with Gasteiger partial charge in [0.25, 0.3) is 0 Å². The van der Waals surface area contributed by atoms with Gasteiger partial charge >= 0.3 is 5.97 Å². The van der Waals surface area contributed by atoms with Crippen molar-refractivity contribution in [3.05, 3.63) is 48.0 Å². The summed E-state index contributed by atoms with van der Waals surface area (Å²) in [6.07, 6.45) is 1.83. The molecule has 0 aromatic heterocycles. The molecule has 0 aliphatic carbocycles. The summed E-state index contributed by atoms with van der Waals surface area (Å²) in [5.74, 6) is -0.765. The zero-order valence-corrected chi connectivity index (χ0v) is 13.1. The van der Waals surface area contributed by atoms with Crippen LogP contribution in [0.15, 0.2) is 42.5 Å². The van der Waals surface area contributed by atoms with E-state index < -0.39 is 5.97 Å². The Labute approximate surface area is 135 Å². The van der Waals surface area contributed by atoms with Crippen LogP contribution in [-0.4, -0.2) is 41.4 Å².